The van der Waals surface area contributed by atoms with Crippen LogP contribution in [0.2, 0.25) is 0 Å². The summed E-state index contributed by atoms with van der Waals surface area (Å²) in [4.78, 5) is 41.4. The maximum atomic E-state index is 13.1. The molecule has 0 aliphatic carbocycles. The Morgan fingerprint density at radius 2 is 1.86 bits per heavy atom. The molecule has 0 unspecified atom stereocenters. The number of para-hydroxylation sites is 1. The number of carbonyl (C=O) groups is 3. The van der Waals surface area contributed by atoms with Crippen molar-refractivity contribution in [2.45, 2.75) is 31.8 Å². The van der Waals surface area contributed by atoms with E-state index in [2.05, 4.69) is 21.2 Å². The average Bonchev–Trinajstić information content (AvgIpc) is 3.10. The van der Waals surface area contributed by atoms with Gasteiger partial charge in [-0.2, -0.15) is 0 Å². The van der Waals surface area contributed by atoms with Crippen molar-refractivity contribution < 1.29 is 14.4 Å². The summed E-state index contributed by atoms with van der Waals surface area (Å²) in [6, 6.07) is 14.4. The predicted molar refractivity (Wildman–Crippen MR) is 109 cm³/mol. The summed E-state index contributed by atoms with van der Waals surface area (Å²) in [5, 5.41) is 2.75. The van der Waals surface area contributed by atoms with Crippen LogP contribution in [0.5, 0.6) is 0 Å². The summed E-state index contributed by atoms with van der Waals surface area (Å²) < 4.78 is 0.724. The molecule has 2 aromatic rings. The molecule has 4 rings (SSSR count). The second-order valence-corrected chi connectivity index (χ2v) is 8.23. The fourth-order valence-electron chi connectivity index (χ4n) is 4.05. The normalized spacial score (nSPS) is 23.8. The maximum absolute atomic E-state index is 13.1. The van der Waals surface area contributed by atoms with Gasteiger partial charge in [-0.1, -0.05) is 52.3 Å². The van der Waals surface area contributed by atoms with Crippen LogP contribution in [-0.4, -0.2) is 35.3 Å². The van der Waals surface area contributed by atoms with Gasteiger partial charge < -0.3 is 10.2 Å². The highest BCUT2D eigenvalue weighted by molar-refractivity contribution is 9.10. The lowest BCUT2D eigenvalue weighted by Gasteiger charge is -2.26. The molecule has 0 spiro atoms. The fraction of sp³-hybridized carbons (Fsp3) is 0.286. The lowest BCUT2D eigenvalue weighted by Crippen LogP contribution is -2.46. The van der Waals surface area contributed by atoms with Gasteiger partial charge in [0, 0.05) is 21.8 Å². The third-order valence-corrected chi connectivity index (χ3v) is 6.15. The number of nitrogens with zero attached hydrogens (tertiary/aromatic N) is 2. The molecule has 2 aliphatic heterocycles. The van der Waals surface area contributed by atoms with Gasteiger partial charge in [-0.05, 0) is 38.0 Å². The molecule has 2 aromatic carbocycles. The van der Waals surface area contributed by atoms with Crippen LogP contribution in [0.1, 0.15) is 25.0 Å². The zero-order valence-electron chi connectivity index (χ0n) is 15.6. The monoisotopic (exact) mass is 441 g/mol. The Morgan fingerprint density at radius 3 is 2.61 bits per heavy atom. The minimum atomic E-state index is -1.22. The quantitative estimate of drug-likeness (QED) is 0.743. The zero-order chi connectivity index (χ0) is 20.1. The van der Waals surface area contributed by atoms with Crippen molar-refractivity contribution in [2.75, 3.05) is 11.4 Å². The minimum absolute atomic E-state index is 0.0136. The number of urea groups is 1. The van der Waals surface area contributed by atoms with E-state index in [0.717, 1.165) is 27.0 Å². The fourth-order valence-corrected chi connectivity index (χ4v) is 4.73. The standard InChI is InChI=1S/C21H20BrN3O3/c1-13-11-14-7-3-6-10-17(14)25(13)18(26)12-24-19(27)21(2,23-20(24)28)15-8-4-5-9-16(15)22/h3-10,13H,11-12H2,1-2H3,(H,23,28)/t13-,21-/m0/s1. The second-order valence-electron chi connectivity index (χ2n) is 7.37. The summed E-state index contributed by atoms with van der Waals surface area (Å²) in [5.41, 5.74) is 1.38. The Hall–Kier alpha value is -2.67. The van der Waals surface area contributed by atoms with Crippen LogP contribution in [0.15, 0.2) is 53.0 Å². The summed E-state index contributed by atoms with van der Waals surface area (Å²) >= 11 is 3.44. The number of nitrogens with one attached hydrogen (secondary N) is 1. The maximum Gasteiger partial charge on any atom is 0.325 e. The molecule has 7 heteroatoms. The lowest BCUT2D eigenvalue weighted by molar-refractivity contribution is -0.134. The van der Waals surface area contributed by atoms with Crippen LogP contribution < -0.4 is 10.2 Å². The molecule has 0 bridgehead atoms. The highest BCUT2D eigenvalue weighted by Gasteiger charge is 2.50. The van der Waals surface area contributed by atoms with Crippen LogP contribution in [0.25, 0.3) is 0 Å². The van der Waals surface area contributed by atoms with Crippen molar-refractivity contribution in [3.05, 3.63) is 64.1 Å². The molecule has 1 fully saturated rings. The first-order valence-electron chi connectivity index (χ1n) is 9.12. The van der Waals surface area contributed by atoms with Gasteiger partial charge in [0.1, 0.15) is 12.1 Å². The van der Waals surface area contributed by atoms with Gasteiger partial charge in [-0.15, -0.1) is 0 Å². The molecule has 2 aliphatic rings. The van der Waals surface area contributed by atoms with Crippen molar-refractivity contribution in [1.82, 2.24) is 10.2 Å². The van der Waals surface area contributed by atoms with E-state index in [1.807, 2.05) is 43.3 Å². The van der Waals surface area contributed by atoms with Crippen molar-refractivity contribution in [1.29, 1.82) is 0 Å². The van der Waals surface area contributed by atoms with E-state index in [9.17, 15) is 14.4 Å². The predicted octanol–water partition coefficient (Wildman–Crippen LogP) is 3.19. The molecule has 1 saturated heterocycles. The van der Waals surface area contributed by atoms with E-state index in [0.29, 0.717) is 5.56 Å². The first-order valence-corrected chi connectivity index (χ1v) is 9.91. The van der Waals surface area contributed by atoms with E-state index in [1.165, 1.54) is 0 Å². The summed E-state index contributed by atoms with van der Waals surface area (Å²) in [5.74, 6) is -0.699. The number of carbonyl (C=O) groups excluding carboxylic acids is 3. The SMILES string of the molecule is C[C@H]1Cc2ccccc2N1C(=O)CN1C(=O)N[C@@](C)(c2ccccc2Br)C1=O. The van der Waals surface area contributed by atoms with E-state index in [4.69, 9.17) is 0 Å². The number of hydrogen-bond donors (Lipinski definition) is 1. The summed E-state index contributed by atoms with van der Waals surface area (Å²) in [7, 11) is 0. The van der Waals surface area contributed by atoms with E-state index in [-0.39, 0.29) is 18.5 Å². The number of hydrogen-bond acceptors (Lipinski definition) is 3. The van der Waals surface area contributed by atoms with Crippen molar-refractivity contribution in [2.24, 2.45) is 0 Å². The number of fused-ring (bicyclic) bond motifs is 1. The van der Waals surface area contributed by atoms with Gasteiger partial charge in [0.25, 0.3) is 5.91 Å². The second kappa shape index (κ2) is 6.74. The highest BCUT2D eigenvalue weighted by atomic mass is 79.9. The Kier molecular flexibility index (Phi) is 4.50. The van der Waals surface area contributed by atoms with Crippen LogP contribution in [0.4, 0.5) is 10.5 Å². The summed E-state index contributed by atoms with van der Waals surface area (Å²) in [6.45, 7) is 3.34. The Labute approximate surface area is 171 Å². The Bertz CT molecular complexity index is 992. The zero-order valence-corrected chi connectivity index (χ0v) is 17.2. The van der Waals surface area contributed by atoms with Crippen molar-refractivity contribution >= 4 is 39.5 Å². The minimum Gasteiger partial charge on any atom is -0.319 e. The molecular weight excluding hydrogens is 422 g/mol. The number of rotatable bonds is 3. The summed E-state index contributed by atoms with van der Waals surface area (Å²) in [6.07, 6.45) is 0.761. The lowest BCUT2D eigenvalue weighted by atomic mass is 9.92. The third-order valence-electron chi connectivity index (χ3n) is 5.46. The number of benzene rings is 2. The first kappa shape index (κ1) is 18.7. The first-order chi connectivity index (χ1) is 13.3. The molecule has 0 aromatic heterocycles. The van der Waals surface area contributed by atoms with E-state index >= 15 is 0 Å². The van der Waals surface area contributed by atoms with E-state index < -0.39 is 17.5 Å². The van der Waals surface area contributed by atoms with Gasteiger partial charge in [-0.25, -0.2) is 4.79 Å². The van der Waals surface area contributed by atoms with Gasteiger partial charge in [0.15, 0.2) is 0 Å². The van der Waals surface area contributed by atoms with Crippen molar-refractivity contribution in [3.8, 4) is 0 Å². The van der Waals surface area contributed by atoms with Crippen molar-refractivity contribution in [3.63, 3.8) is 0 Å². The Balaban J connectivity index is 1.59. The number of halogens is 1. The smallest absolute Gasteiger partial charge is 0.319 e. The number of anilines is 1. The van der Waals surface area contributed by atoms with Gasteiger partial charge in [0.05, 0.1) is 0 Å². The number of imide groups is 1. The third kappa shape index (κ3) is 2.81. The van der Waals surface area contributed by atoms with Crippen LogP contribution >= 0.6 is 15.9 Å². The molecule has 2 atom stereocenters. The largest absolute Gasteiger partial charge is 0.325 e. The molecule has 0 radical (unpaired) electrons. The van der Waals surface area contributed by atoms with Crippen LogP contribution in [0, 0.1) is 0 Å². The van der Waals surface area contributed by atoms with E-state index in [1.54, 1.807) is 24.0 Å². The van der Waals surface area contributed by atoms with Crippen LogP contribution in [0.3, 0.4) is 0 Å². The van der Waals surface area contributed by atoms with Gasteiger partial charge >= 0.3 is 6.03 Å². The number of amides is 4. The van der Waals surface area contributed by atoms with Gasteiger partial charge in [0.2, 0.25) is 5.91 Å². The highest BCUT2D eigenvalue weighted by Crippen LogP contribution is 2.35. The molecule has 6 nitrogen and oxygen atoms in total. The van der Waals surface area contributed by atoms with Crippen LogP contribution in [-0.2, 0) is 21.5 Å². The molecule has 28 heavy (non-hydrogen) atoms. The average molecular weight is 442 g/mol. The molecule has 0 saturated carbocycles. The molecule has 4 amide bonds. The molecule has 1 N–H and O–H groups in total. The molecule has 2 heterocycles. The molecule has 144 valence electrons. The Morgan fingerprint density at radius 1 is 1.18 bits per heavy atom. The van der Waals surface area contributed by atoms with Gasteiger partial charge in [-0.3, -0.25) is 14.5 Å². The topological polar surface area (TPSA) is 69.7 Å². The molecular formula is C21H20BrN3O3.